The molecule has 44 heavy (non-hydrogen) atoms. The van der Waals surface area contributed by atoms with Crippen LogP contribution in [0.4, 0.5) is 5.69 Å². The van der Waals surface area contributed by atoms with Gasteiger partial charge in [-0.3, -0.25) is 13.9 Å². The van der Waals surface area contributed by atoms with Crippen LogP contribution in [0.15, 0.2) is 108 Å². The fourth-order valence-corrected chi connectivity index (χ4v) is 6.71. The van der Waals surface area contributed by atoms with E-state index < -0.39 is 28.5 Å². The van der Waals surface area contributed by atoms with Gasteiger partial charge in [-0.25, -0.2) is 8.42 Å². The van der Waals surface area contributed by atoms with Crippen molar-refractivity contribution >= 4 is 39.1 Å². The number of carbonyl (C=O) groups is 2. The van der Waals surface area contributed by atoms with Gasteiger partial charge in [-0.15, -0.1) is 0 Å². The zero-order valence-electron chi connectivity index (χ0n) is 25.4. The highest BCUT2D eigenvalue weighted by atomic mass is 35.5. The fourth-order valence-electron chi connectivity index (χ4n) is 5.01. The standard InChI is InChI=1S/C35H38ClN3O4S/c1-25(2)37-35(41)33(22-28-14-7-5-8-15-28)38(23-29-16-12-17-30(36)21-29)34(40)24-39(32-20-11-13-26(3)27(32)4)44(42,43)31-18-9-6-10-19-31/h5-21,25,33H,22-24H2,1-4H3,(H,37,41). The van der Waals surface area contributed by atoms with E-state index in [-0.39, 0.29) is 29.8 Å². The van der Waals surface area contributed by atoms with E-state index in [1.54, 1.807) is 48.5 Å². The molecule has 1 N–H and O–H groups in total. The number of amides is 2. The van der Waals surface area contributed by atoms with Crippen molar-refractivity contribution in [3.05, 3.63) is 130 Å². The highest BCUT2D eigenvalue weighted by Crippen LogP contribution is 2.29. The maximum absolute atomic E-state index is 14.5. The van der Waals surface area contributed by atoms with Gasteiger partial charge in [0.2, 0.25) is 11.8 Å². The van der Waals surface area contributed by atoms with Gasteiger partial charge in [0, 0.05) is 24.0 Å². The van der Waals surface area contributed by atoms with Crippen LogP contribution in [0.25, 0.3) is 0 Å². The Morgan fingerprint density at radius 2 is 1.43 bits per heavy atom. The second-order valence-corrected chi connectivity index (χ2v) is 13.4. The molecule has 4 rings (SSSR count). The summed E-state index contributed by atoms with van der Waals surface area (Å²) in [5.74, 6) is -0.853. The summed E-state index contributed by atoms with van der Waals surface area (Å²) in [6.07, 6.45) is 0.237. The van der Waals surface area contributed by atoms with Gasteiger partial charge in [0.25, 0.3) is 10.0 Å². The molecule has 0 radical (unpaired) electrons. The number of benzene rings is 4. The van der Waals surface area contributed by atoms with Crippen LogP contribution in [0.3, 0.4) is 0 Å². The summed E-state index contributed by atoms with van der Waals surface area (Å²) in [6.45, 7) is 6.98. The molecule has 7 nitrogen and oxygen atoms in total. The van der Waals surface area contributed by atoms with E-state index in [0.717, 1.165) is 21.0 Å². The molecule has 1 unspecified atom stereocenters. The molecule has 9 heteroatoms. The van der Waals surface area contributed by atoms with E-state index in [1.165, 1.54) is 17.0 Å². The molecule has 0 aliphatic heterocycles. The van der Waals surface area contributed by atoms with Gasteiger partial charge >= 0.3 is 0 Å². The molecule has 0 bridgehead atoms. The smallest absolute Gasteiger partial charge is 0.264 e. The van der Waals surface area contributed by atoms with Gasteiger partial charge in [0.05, 0.1) is 10.6 Å². The van der Waals surface area contributed by atoms with Gasteiger partial charge in [-0.05, 0) is 80.3 Å². The van der Waals surface area contributed by atoms with Crippen molar-refractivity contribution < 1.29 is 18.0 Å². The Balaban J connectivity index is 1.83. The van der Waals surface area contributed by atoms with Crippen LogP contribution in [0.2, 0.25) is 5.02 Å². The minimum absolute atomic E-state index is 0.0500. The number of sulfonamides is 1. The van der Waals surface area contributed by atoms with E-state index >= 15 is 0 Å². The Kier molecular flexibility index (Phi) is 10.8. The van der Waals surface area contributed by atoms with Crippen LogP contribution < -0.4 is 9.62 Å². The van der Waals surface area contributed by atoms with Crippen LogP contribution in [-0.2, 0) is 32.6 Å². The number of hydrogen-bond donors (Lipinski definition) is 1. The van der Waals surface area contributed by atoms with Gasteiger partial charge in [-0.1, -0.05) is 84.4 Å². The largest absolute Gasteiger partial charge is 0.352 e. The van der Waals surface area contributed by atoms with Gasteiger partial charge in [0.15, 0.2) is 0 Å². The van der Waals surface area contributed by atoms with E-state index in [2.05, 4.69) is 5.32 Å². The van der Waals surface area contributed by atoms with Gasteiger partial charge < -0.3 is 10.2 Å². The van der Waals surface area contributed by atoms with Crippen molar-refractivity contribution in [1.82, 2.24) is 10.2 Å². The number of anilines is 1. The van der Waals surface area contributed by atoms with E-state index in [4.69, 9.17) is 11.6 Å². The first-order valence-corrected chi connectivity index (χ1v) is 16.3. The number of nitrogens with zero attached hydrogens (tertiary/aromatic N) is 2. The van der Waals surface area contributed by atoms with Crippen molar-refractivity contribution in [2.75, 3.05) is 10.8 Å². The molecule has 0 spiro atoms. The third kappa shape index (κ3) is 8.07. The van der Waals surface area contributed by atoms with Crippen molar-refractivity contribution in [2.45, 2.75) is 57.6 Å². The highest BCUT2D eigenvalue weighted by Gasteiger charge is 2.35. The number of hydrogen-bond acceptors (Lipinski definition) is 4. The van der Waals surface area contributed by atoms with E-state index in [1.807, 2.05) is 70.2 Å². The SMILES string of the molecule is Cc1cccc(N(CC(=O)N(Cc2cccc(Cl)c2)C(Cc2ccccc2)C(=O)NC(C)C)S(=O)(=O)c2ccccc2)c1C. The normalized spacial score (nSPS) is 12.0. The lowest BCUT2D eigenvalue weighted by atomic mass is 10.0. The Hall–Kier alpha value is -4.14. The summed E-state index contributed by atoms with van der Waals surface area (Å²) < 4.78 is 29.5. The van der Waals surface area contributed by atoms with Crippen LogP contribution in [0.5, 0.6) is 0 Å². The van der Waals surface area contributed by atoms with Gasteiger partial charge in [-0.2, -0.15) is 0 Å². The molecule has 2 amide bonds. The number of aryl methyl sites for hydroxylation is 1. The topological polar surface area (TPSA) is 86.8 Å². The molecule has 4 aromatic rings. The van der Waals surface area contributed by atoms with Gasteiger partial charge in [0.1, 0.15) is 12.6 Å². The molecule has 1 atom stereocenters. The first-order chi connectivity index (χ1) is 21.0. The monoisotopic (exact) mass is 631 g/mol. The van der Waals surface area contributed by atoms with Crippen molar-refractivity contribution in [1.29, 1.82) is 0 Å². The lowest BCUT2D eigenvalue weighted by molar-refractivity contribution is -0.140. The number of nitrogens with one attached hydrogen (secondary N) is 1. The zero-order valence-corrected chi connectivity index (χ0v) is 27.0. The fraction of sp³-hybridized carbons (Fsp3) is 0.257. The average molecular weight is 632 g/mol. The molecule has 0 heterocycles. The Bertz CT molecular complexity index is 1700. The maximum Gasteiger partial charge on any atom is 0.264 e. The van der Waals surface area contributed by atoms with Crippen LogP contribution in [0.1, 0.15) is 36.1 Å². The third-order valence-corrected chi connectivity index (χ3v) is 9.41. The molecule has 0 aromatic heterocycles. The summed E-state index contributed by atoms with van der Waals surface area (Å²) in [5.41, 5.74) is 3.60. The lowest BCUT2D eigenvalue weighted by Gasteiger charge is -2.34. The van der Waals surface area contributed by atoms with Crippen molar-refractivity contribution in [3.63, 3.8) is 0 Å². The van der Waals surface area contributed by atoms with Crippen molar-refractivity contribution in [3.8, 4) is 0 Å². The molecule has 0 fully saturated rings. The third-order valence-electron chi connectivity index (χ3n) is 7.40. The molecule has 0 aliphatic carbocycles. The first-order valence-electron chi connectivity index (χ1n) is 14.5. The van der Waals surface area contributed by atoms with E-state index in [9.17, 15) is 18.0 Å². The minimum Gasteiger partial charge on any atom is -0.352 e. The summed E-state index contributed by atoms with van der Waals surface area (Å²) in [5, 5.41) is 3.45. The van der Waals surface area contributed by atoms with Crippen LogP contribution in [-0.4, -0.2) is 43.8 Å². The average Bonchev–Trinajstić information content (AvgIpc) is 2.99. The predicted octanol–water partition coefficient (Wildman–Crippen LogP) is 6.32. The summed E-state index contributed by atoms with van der Waals surface area (Å²) in [4.78, 5) is 29.8. The number of carbonyl (C=O) groups excluding carboxylic acids is 2. The summed E-state index contributed by atoms with van der Waals surface area (Å²) >= 11 is 6.30. The second-order valence-electron chi connectivity index (χ2n) is 11.1. The van der Waals surface area contributed by atoms with Crippen molar-refractivity contribution in [2.24, 2.45) is 0 Å². The predicted molar refractivity (Wildman–Crippen MR) is 176 cm³/mol. The highest BCUT2D eigenvalue weighted by molar-refractivity contribution is 7.92. The summed E-state index contributed by atoms with van der Waals surface area (Å²) in [6, 6.07) is 28.9. The Morgan fingerprint density at radius 1 is 0.818 bits per heavy atom. The molecule has 0 saturated carbocycles. The first kappa shape index (κ1) is 32.8. The zero-order chi connectivity index (χ0) is 31.9. The number of halogens is 1. The molecular weight excluding hydrogens is 594 g/mol. The Morgan fingerprint density at radius 3 is 2.07 bits per heavy atom. The molecule has 0 saturated heterocycles. The molecule has 4 aromatic carbocycles. The lowest BCUT2D eigenvalue weighted by Crippen LogP contribution is -2.54. The second kappa shape index (κ2) is 14.6. The quantitative estimate of drug-likeness (QED) is 0.198. The Labute approximate surface area is 265 Å². The molecule has 0 aliphatic rings. The summed E-state index contributed by atoms with van der Waals surface area (Å²) in [7, 11) is -4.16. The number of rotatable bonds is 12. The minimum atomic E-state index is -4.16. The van der Waals surface area contributed by atoms with Crippen LogP contribution in [0, 0.1) is 13.8 Å². The van der Waals surface area contributed by atoms with Crippen LogP contribution >= 0.6 is 11.6 Å². The van der Waals surface area contributed by atoms with E-state index in [0.29, 0.717) is 16.3 Å². The molecule has 230 valence electrons. The maximum atomic E-state index is 14.5. The molecular formula is C35H38ClN3O4S.